The summed E-state index contributed by atoms with van der Waals surface area (Å²) in [4.78, 5) is 17.9. The fraction of sp³-hybridized carbons (Fsp3) is 0.520. The Kier molecular flexibility index (Phi) is 15.7. The van der Waals surface area contributed by atoms with E-state index in [0.29, 0.717) is 30.0 Å². The van der Waals surface area contributed by atoms with Crippen molar-refractivity contribution >= 4 is 34.2 Å². The molecule has 0 radical (unpaired) electrons. The molecule has 1 fully saturated rings. The molecule has 0 aliphatic carbocycles. The Hall–Kier alpha value is -4.40. The molecule has 12 heteroatoms. The van der Waals surface area contributed by atoms with Crippen molar-refractivity contribution in [3.05, 3.63) is 88.0 Å². The van der Waals surface area contributed by atoms with E-state index in [9.17, 15) is 30.6 Å². The van der Waals surface area contributed by atoms with E-state index in [4.69, 9.17) is 19.4 Å². The van der Waals surface area contributed by atoms with Gasteiger partial charge in [-0.1, -0.05) is 90.7 Å². The van der Waals surface area contributed by atoms with E-state index in [-0.39, 0.29) is 0 Å². The first kappa shape index (κ1) is 45.6. The van der Waals surface area contributed by atoms with Crippen LogP contribution >= 0.6 is 0 Å². The van der Waals surface area contributed by atoms with Crippen molar-refractivity contribution in [2.75, 3.05) is 6.61 Å². The zero-order chi connectivity index (χ0) is 43.8. The lowest BCUT2D eigenvalue weighted by molar-refractivity contribution is -0.277. The maximum absolute atomic E-state index is 11.9. The average molecular weight is 851 g/mol. The third kappa shape index (κ3) is 10.0. The zero-order valence-corrected chi connectivity index (χ0v) is 36.5. The molecule has 0 amide bonds. The lowest BCUT2D eigenvalue weighted by atomic mass is 9.98. The molecule has 0 saturated carbocycles. The van der Waals surface area contributed by atoms with Gasteiger partial charge in [0.05, 0.1) is 29.4 Å². The van der Waals surface area contributed by atoms with Crippen LogP contribution in [0.25, 0.3) is 45.3 Å². The fourth-order valence-corrected chi connectivity index (χ4v) is 9.04. The van der Waals surface area contributed by atoms with Crippen LogP contribution in [-0.2, 0) is 24.0 Å². The van der Waals surface area contributed by atoms with Gasteiger partial charge in [-0.3, -0.25) is 4.98 Å². The number of rotatable bonds is 19. The predicted molar refractivity (Wildman–Crippen MR) is 243 cm³/mol. The minimum atomic E-state index is -1.58. The van der Waals surface area contributed by atoms with Gasteiger partial charge in [0, 0.05) is 38.8 Å². The maximum atomic E-state index is 11.9. The van der Waals surface area contributed by atoms with Gasteiger partial charge in [-0.05, 0) is 98.2 Å². The summed E-state index contributed by atoms with van der Waals surface area (Å²) in [7, 11) is 0. The Morgan fingerprint density at radius 2 is 1.11 bits per heavy atom. The molecule has 3 aliphatic rings. The normalized spacial score (nSPS) is 22.4. The van der Waals surface area contributed by atoms with Crippen LogP contribution in [0.1, 0.15) is 149 Å². The van der Waals surface area contributed by atoms with E-state index in [2.05, 4.69) is 48.9 Å². The third-order valence-electron chi connectivity index (χ3n) is 12.6. The van der Waals surface area contributed by atoms with Gasteiger partial charge < -0.3 is 50.1 Å². The topological polar surface area (TPSA) is 197 Å². The van der Waals surface area contributed by atoms with E-state index in [1.807, 2.05) is 36.4 Å². The van der Waals surface area contributed by atoms with Crippen molar-refractivity contribution < 1.29 is 40.1 Å². The van der Waals surface area contributed by atoms with E-state index in [1.165, 1.54) is 0 Å². The number of nitrogens with zero attached hydrogens (tertiary/aromatic N) is 2. The van der Waals surface area contributed by atoms with Crippen LogP contribution in [0.5, 0.6) is 5.75 Å². The molecule has 6 heterocycles. The Morgan fingerprint density at radius 1 is 0.581 bits per heavy atom. The molecule has 8 N–H and O–H groups in total. The Morgan fingerprint density at radius 3 is 1.71 bits per heavy atom. The summed E-state index contributed by atoms with van der Waals surface area (Å²) >= 11 is 0. The molecule has 334 valence electrons. The number of benzene rings is 1. The fourth-order valence-electron chi connectivity index (χ4n) is 9.04. The summed E-state index contributed by atoms with van der Waals surface area (Å²) in [5.74, 6) is 0.340. The van der Waals surface area contributed by atoms with Gasteiger partial charge >= 0.3 is 0 Å². The zero-order valence-electron chi connectivity index (χ0n) is 36.5. The number of aliphatic hydroxyl groups is 6. The van der Waals surface area contributed by atoms with Crippen LogP contribution in [-0.4, -0.2) is 87.9 Å². The molecule has 2 unspecified atom stereocenters. The second kappa shape index (κ2) is 21.3. The number of ether oxygens (including phenoxy) is 2. The highest BCUT2D eigenvalue weighted by molar-refractivity contribution is 5.94. The molecule has 0 spiro atoms. The smallest absolute Gasteiger partial charge is 0.229 e. The predicted octanol–water partition coefficient (Wildman–Crippen LogP) is 8.47. The van der Waals surface area contributed by atoms with Crippen molar-refractivity contribution in [1.29, 1.82) is 0 Å². The Balaban J connectivity index is 1.47. The number of fused-ring (bicyclic) bond motifs is 8. The van der Waals surface area contributed by atoms with Crippen molar-refractivity contribution in [2.24, 2.45) is 0 Å². The van der Waals surface area contributed by atoms with Gasteiger partial charge in [0.2, 0.25) is 6.29 Å². The molecule has 1 saturated heterocycles. The van der Waals surface area contributed by atoms with E-state index in [1.54, 1.807) is 6.07 Å². The Bertz CT molecular complexity index is 2320. The molecule has 3 aromatic heterocycles. The maximum Gasteiger partial charge on any atom is 0.229 e. The second-order valence-electron chi connectivity index (χ2n) is 17.1. The van der Waals surface area contributed by atoms with Crippen molar-refractivity contribution in [2.45, 2.75) is 160 Å². The first-order valence-electron chi connectivity index (χ1n) is 23.1. The highest BCUT2D eigenvalue weighted by Gasteiger charge is 2.44. The highest BCUT2D eigenvalue weighted by atomic mass is 16.7. The largest absolute Gasteiger partial charge is 0.462 e. The molecule has 7 rings (SSSR count). The average Bonchev–Trinajstić information content (AvgIpc) is 4.11. The number of hydrogen-bond donors (Lipinski definition) is 8. The van der Waals surface area contributed by atoms with Crippen molar-refractivity contribution in [3.8, 4) is 16.9 Å². The molecule has 1 aromatic carbocycles. The van der Waals surface area contributed by atoms with Gasteiger partial charge in [-0.25, -0.2) is 4.98 Å². The summed E-state index contributed by atoms with van der Waals surface area (Å²) in [5, 5.41) is 65.2. The lowest BCUT2D eigenvalue weighted by Gasteiger charge is -2.39. The SMILES string of the molecule is CCCCCCc1c2nc(c(CCCCCC)c3ccc([nH]3)c(-c3cccc(O[C@@H]4OC(CO)[C@@H](O)[C@H](O)C4O)c3)c3ccc([nH]3)c(CCCCCC)c3nc1[C@H](O)[C@@H]3O)C=C2. The van der Waals surface area contributed by atoms with Crippen molar-refractivity contribution in [3.63, 3.8) is 0 Å². The molecule has 3 aliphatic heterocycles. The number of hydrogen-bond acceptors (Lipinski definition) is 10. The van der Waals surface area contributed by atoms with Crippen LogP contribution in [0.4, 0.5) is 0 Å². The number of aromatic amines is 2. The van der Waals surface area contributed by atoms with Crippen molar-refractivity contribution in [1.82, 2.24) is 19.9 Å². The number of aryl methyl sites for hydroxylation is 2. The van der Waals surface area contributed by atoms with Crippen LogP contribution in [0.15, 0.2) is 48.5 Å². The highest BCUT2D eigenvalue weighted by Crippen LogP contribution is 2.40. The minimum Gasteiger partial charge on any atom is -0.462 e. The number of H-pyrrole nitrogens is 2. The summed E-state index contributed by atoms with van der Waals surface area (Å²) in [6, 6.07) is 15.6. The Labute approximate surface area is 364 Å². The summed E-state index contributed by atoms with van der Waals surface area (Å²) in [6.45, 7) is 6.02. The molecular weight excluding hydrogens is 785 g/mol. The van der Waals surface area contributed by atoms with E-state index >= 15 is 0 Å². The summed E-state index contributed by atoms with van der Waals surface area (Å²) < 4.78 is 11.8. The third-order valence-corrected chi connectivity index (χ3v) is 12.6. The molecular formula is C50H66N4O8. The van der Waals surface area contributed by atoms with Gasteiger partial charge in [0.25, 0.3) is 0 Å². The number of aliphatic hydroxyl groups excluding tert-OH is 6. The van der Waals surface area contributed by atoms with Crippen LogP contribution in [0.3, 0.4) is 0 Å². The quantitative estimate of drug-likeness (QED) is 0.0373. The first-order valence-corrected chi connectivity index (χ1v) is 23.1. The van der Waals surface area contributed by atoms with Gasteiger partial charge in [-0.2, -0.15) is 0 Å². The van der Waals surface area contributed by atoms with Crippen LogP contribution in [0, 0.1) is 0 Å². The van der Waals surface area contributed by atoms with E-state index < -0.39 is 49.5 Å². The first-order chi connectivity index (χ1) is 30.2. The lowest BCUT2D eigenvalue weighted by Crippen LogP contribution is -2.60. The standard InChI is InChI=1S/C50H66N4O8/c1-4-7-10-13-19-32-35-22-23-37(51-35)33(20-14-11-8-5-2)43-46(57)47(58)44(54-43)34(21-15-12-9-6-3)38-25-27-40(53-38)42(39-26-24-36(32)52-39)30-17-16-18-31(28-30)61-50-49(60)48(59)45(56)41(29-55)62-50/h16-18,22-28,41,45-50,52-53,55-60H,4-15,19-21,29H2,1-3H3/t41?,45-,46+,47-,48+,49?,50-/m1/s1. The number of nitrogens with one attached hydrogen (secondary N) is 2. The molecule has 4 aromatic rings. The molecule has 8 bridgehead atoms. The minimum absolute atomic E-state index is 0.340. The summed E-state index contributed by atoms with van der Waals surface area (Å²) in [5.41, 5.74) is 10.4. The van der Waals surface area contributed by atoms with Gasteiger partial charge in [0.15, 0.2) is 0 Å². The van der Waals surface area contributed by atoms with Crippen LogP contribution < -0.4 is 4.74 Å². The van der Waals surface area contributed by atoms with Gasteiger partial charge in [-0.15, -0.1) is 0 Å². The van der Waals surface area contributed by atoms with Gasteiger partial charge in [0.1, 0.15) is 42.4 Å². The second-order valence-corrected chi connectivity index (χ2v) is 17.1. The van der Waals surface area contributed by atoms with E-state index in [0.717, 1.165) is 145 Å². The molecule has 7 atom stereocenters. The molecule has 62 heavy (non-hydrogen) atoms. The van der Waals surface area contributed by atoms with Crippen LogP contribution in [0.2, 0.25) is 0 Å². The summed E-state index contributed by atoms with van der Waals surface area (Å²) in [6.07, 6.45) is 9.41. The molecule has 12 nitrogen and oxygen atoms in total. The number of aromatic nitrogens is 4. The monoisotopic (exact) mass is 850 g/mol. The number of unbranched alkanes of at least 4 members (excludes halogenated alkanes) is 9.